The van der Waals surface area contributed by atoms with Crippen LogP contribution in [0.2, 0.25) is 0 Å². The van der Waals surface area contributed by atoms with Crippen molar-refractivity contribution in [3.8, 4) is 22.9 Å². The topological polar surface area (TPSA) is 101 Å². The van der Waals surface area contributed by atoms with Crippen LogP contribution in [0.4, 0.5) is 39.7 Å². The van der Waals surface area contributed by atoms with Gasteiger partial charge in [-0.15, -0.1) is 0 Å². The Kier molecular flexibility index (Phi) is 6.95. The van der Waals surface area contributed by atoms with Crippen molar-refractivity contribution in [1.29, 1.82) is 0 Å². The lowest BCUT2D eigenvalue weighted by Crippen LogP contribution is -2.19. The van der Waals surface area contributed by atoms with Gasteiger partial charge >= 0.3 is 12.2 Å². The number of hydrogen-bond acceptors (Lipinski definition) is 6. The molecule has 2 heterocycles. The zero-order chi connectivity index (χ0) is 25.7. The fourth-order valence-corrected chi connectivity index (χ4v) is 3.11. The second kappa shape index (κ2) is 10.3. The molecule has 2 aromatic carbocycles. The van der Waals surface area contributed by atoms with Crippen molar-refractivity contribution >= 4 is 23.4 Å². The van der Waals surface area contributed by atoms with Gasteiger partial charge in [-0.25, -0.2) is 24.1 Å². The molecule has 0 fully saturated rings. The molecule has 184 valence electrons. The standard InChI is InChI=1S/C24H18F4N6O2/c1-29-22-31-13-19(25)20(34-22)18-6-3-11-30-21(18)36-17-9-7-15(8-10-17)32-23(35)33-16-5-2-4-14(12-16)24(26,27)28/h2-13H,1H3,(H,29,31,34)(H2,32,33,35). The molecule has 0 aliphatic rings. The van der Waals surface area contributed by atoms with E-state index in [4.69, 9.17) is 4.74 Å². The highest BCUT2D eigenvalue weighted by molar-refractivity contribution is 5.99. The van der Waals surface area contributed by atoms with E-state index in [1.165, 1.54) is 42.6 Å². The Morgan fingerprint density at radius 3 is 2.42 bits per heavy atom. The van der Waals surface area contributed by atoms with E-state index >= 15 is 0 Å². The minimum Gasteiger partial charge on any atom is -0.438 e. The maximum absolute atomic E-state index is 14.4. The summed E-state index contributed by atoms with van der Waals surface area (Å²) in [5, 5.41) is 7.61. The molecule has 2 amide bonds. The highest BCUT2D eigenvalue weighted by Crippen LogP contribution is 2.33. The maximum atomic E-state index is 14.4. The molecule has 4 aromatic rings. The van der Waals surface area contributed by atoms with Gasteiger partial charge in [0.2, 0.25) is 11.8 Å². The molecular weight excluding hydrogens is 480 g/mol. The van der Waals surface area contributed by atoms with Gasteiger partial charge in [0, 0.05) is 24.6 Å². The van der Waals surface area contributed by atoms with Crippen LogP contribution in [-0.2, 0) is 6.18 Å². The number of alkyl halides is 3. The van der Waals surface area contributed by atoms with Crippen molar-refractivity contribution in [3.05, 3.63) is 84.4 Å². The molecule has 4 rings (SSSR count). The molecule has 36 heavy (non-hydrogen) atoms. The zero-order valence-corrected chi connectivity index (χ0v) is 18.6. The van der Waals surface area contributed by atoms with Gasteiger partial charge in [-0.3, -0.25) is 0 Å². The number of nitrogens with zero attached hydrogens (tertiary/aromatic N) is 3. The number of halogens is 4. The van der Waals surface area contributed by atoms with Crippen LogP contribution >= 0.6 is 0 Å². The summed E-state index contributed by atoms with van der Waals surface area (Å²) in [6.45, 7) is 0. The highest BCUT2D eigenvalue weighted by atomic mass is 19.4. The number of rotatable bonds is 6. The fraction of sp³-hybridized carbons (Fsp3) is 0.0833. The van der Waals surface area contributed by atoms with E-state index in [0.29, 0.717) is 17.0 Å². The zero-order valence-electron chi connectivity index (χ0n) is 18.6. The van der Waals surface area contributed by atoms with E-state index in [2.05, 4.69) is 30.9 Å². The predicted octanol–water partition coefficient (Wildman–Crippen LogP) is 6.17. The average molecular weight is 498 g/mol. The van der Waals surface area contributed by atoms with Crippen molar-refractivity contribution in [1.82, 2.24) is 15.0 Å². The Hall–Kier alpha value is -4.74. The Morgan fingerprint density at radius 2 is 1.69 bits per heavy atom. The lowest BCUT2D eigenvalue weighted by molar-refractivity contribution is -0.137. The quantitative estimate of drug-likeness (QED) is 0.275. The Morgan fingerprint density at radius 1 is 0.944 bits per heavy atom. The molecular formula is C24H18F4N6O2. The third-order valence-electron chi connectivity index (χ3n) is 4.77. The number of aromatic nitrogens is 3. The van der Waals surface area contributed by atoms with Crippen LogP contribution in [0.3, 0.4) is 0 Å². The van der Waals surface area contributed by atoms with Gasteiger partial charge in [-0.1, -0.05) is 6.07 Å². The van der Waals surface area contributed by atoms with E-state index in [9.17, 15) is 22.4 Å². The number of urea groups is 1. The molecule has 12 heteroatoms. The van der Waals surface area contributed by atoms with Gasteiger partial charge in [-0.2, -0.15) is 13.2 Å². The van der Waals surface area contributed by atoms with Crippen LogP contribution in [0.5, 0.6) is 11.6 Å². The maximum Gasteiger partial charge on any atom is 0.416 e. The summed E-state index contributed by atoms with van der Waals surface area (Å²) >= 11 is 0. The van der Waals surface area contributed by atoms with E-state index in [1.54, 1.807) is 19.2 Å². The molecule has 0 spiro atoms. The number of ether oxygens (including phenoxy) is 1. The summed E-state index contributed by atoms with van der Waals surface area (Å²) in [7, 11) is 1.60. The smallest absolute Gasteiger partial charge is 0.416 e. The molecule has 0 radical (unpaired) electrons. The number of hydrogen-bond donors (Lipinski definition) is 3. The molecule has 0 atom stereocenters. The van der Waals surface area contributed by atoms with Crippen LogP contribution in [-0.4, -0.2) is 28.0 Å². The third kappa shape index (κ3) is 5.84. The highest BCUT2D eigenvalue weighted by Gasteiger charge is 2.30. The van der Waals surface area contributed by atoms with Crippen molar-refractivity contribution in [2.75, 3.05) is 23.0 Å². The summed E-state index contributed by atoms with van der Waals surface area (Å²) in [5.74, 6) is 0.000429. The molecule has 2 aromatic heterocycles. The lowest BCUT2D eigenvalue weighted by atomic mass is 10.2. The van der Waals surface area contributed by atoms with Crippen molar-refractivity contribution in [3.63, 3.8) is 0 Å². The first-order valence-electron chi connectivity index (χ1n) is 10.4. The van der Waals surface area contributed by atoms with Crippen molar-refractivity contribution in [2.45, 2.75) is 6.18 Å². The predicted molar refractivity (Wildman–Crippen MR) is 125 cm³/mol. The van der Waals surface area contributed by atoms with E-state index < -0.39 is 23.6 Å². The lowest BCUT2D eigenvalue weighted by Gasteiger charge is -2.12. The molecule has 8 nitrogen and oxygen atoms in total. The largest absolute Gasteiger partial charge is 0.438 e. The summed E-state index contributed by atoms with van der Waals surface area (Å²) in [4.78, 5) is 24.3. The van der Waals surface area contributed by atoms with Gasteiger partial charge in [0.25, 0.3) is 0 Å². The number of nitrogens with one attached hydrogen (secondary N) is 3. The van der Waals surface area contributed by atoms with Crippen molar-refractivity contribution < 1.29 is 27.1 Å². The van der Waals surface area contributed by atoms with Gasteiger partial charge < -0.3 is 20.7 Å². The van der Waals surface area contributed by atoms with Gasteiger partial charge in [0.15, 0.2) is 5.82 Å². The number of carbonyl (C=O) groups excluding carboxylic acids is 1. The van der Waals surface area contributed by atoms with E-state index in [-0.39, 0.29) is 23.2 Å². The monoisotopic (exact) mass is 498 g/mol. The van der Waals surface area contributed by atoms with Crippen LogP contribution in [0.1, 0.15) is 5.56 Å². The second-order valence-electron chi connectivity index (χ2n) is 7.28. The third-order valence-corrected chi connectivity index (χ3v) is 4.77. The fourth-order valence-electron chi connectivity index (χ4n) is 3.11. The summed E-state index contributed by atoms with van der Waals surface area (Å²) in [5.41, 5.74) is -0.227. The van der Waals surface area contributed by atoms with Gasteiger partial charge in [-0.05, 0) is 54.6 Å². The average Bonchev–Trinajstić information content (AvgIpc) is 2.86. The SMILES string of the molecule is CNc1ncc(F)c(-c2cccnc2Oc2ccc(NC(=O)Nc3cccc(C(F)(F)F)c3)cc2)n1. The molecule has 0 saturated heterocycles. The molecule has 0 bridgehead atoms. The van der Waals surface area contributed by atoms with Crippen LogP contribution in [0.15, 0.2) is 73.1 Å². The number of carbonyl (C=O) groups is 1. The molecule has 0 saturated carbocycles. The minimum absolute atomic E-state index is 0.00185. The summed E-state index contributed by atoms with van der Waals surface area (Å²) < 4.78 is 58.7. The number of pyridine rings is 1. The van der Waals surface area contributed by atoms with Crippen molar-refractivity contribution in [2.24, 2.45) is 0 Å². The molecule has 3 N–H and O–H groups in total. The number of amides is 2. The summed E-state index contributed by atoms with van der Waals surface area (Å²) in [6.07, 6.45) is -2.01. The van der Waals surface area contributed by atoms with Crippen LogP contribution in [0.25, 0.3) is 11.3 Å². The Balaban J connectivity index is 1.45. The van der Waals surface area contributed by atoms with Gasteiger partial charge in [0.1, 0.15) is 11.4 Å². The number of benzene rings is 2. The second-order valence-corrected chi connectivity index (χ2v) is 7.28. The first kappa shape index (κ1) is 24.4. The summed E-state index contributed by atoms with van der Waals surface area (Å²) in [6, 6.07) is 12.9. The minimum atomic E-state index is -4.52. The van der Waals surface area contributed by atoms with Crippen LogP contribution < -0.4 is 20.7 Å². The number of anilines is 3. The van der Waals surface area contributed by atoms with E-state index in [0.717, 1.165) is 18.3 Å². The molecule has 0 unspecified atom stereocenters. The van der Waals surface area contributed by atoms with Gasteiger partial charge in [0.05, 0.1) is 17.3 Å². The Bertz CT molecular complexity index is 1380. The van der Waals surface area contributed by atoms with Crippen LogP contribution in [0, 0.1) is 5.82 Å². The Labute approximate surface area is 202 Å². The first-order valence-corrected chi connectivity index (χ1v) is 10.4. The molecule has 0 aliphatic carbocycles. The normalized spacial score (nSPS) is 11.0. The van der Waals surface area contributed by atoms with E-state index in [1.807, 2.05) is 0 Å². The molecule has 0 aliphatic heterocycles. The first-order chi connectivity index (χ1) is 17.2.